The summed E-state index contributed by atoms with van der Waals surface area (Å²) in [5.41, 5.74) is 1.78. The van der Waals surface area contributed by atoms with Crippen molar-refractivity contribution in [2.24, 2.45) is 0 Å². The first-order valence-electron chi connectivity index (χ1n) is 7.13. The Morgan fingerprint density at radius 2 is 1.76 bits per heavy atom. The maximum atomic E-state index is 11.6. The Labute approximate surface area is 165 Å². The zero-order valence-corrected chi connectivity index (χ0v) is 16.5. The lowest BCUT2D eigenvalue weighted by Gasteiger charge is -2.12. The standard InChI is InChI=1S/C17H11Br2ClN2O3/c18-11-5-9(7-14-16(23)22-17(24)21-14)6-12(19)15(11)25-8-10-3-1-2-4-13(10)20/h1-7H,8H2,(H2,21,22,23,24)/b14-7+. The molecule has 1 heterocycles. The van der Waals surface area contributed by atoms with Gasteiger partial charge < -0.3 is 10.1 Å². The summed E-state index contributed by atoms with van der Waals surface area (Å²) in [6.45, 7) is 0.315. The number of hydrogen-bond acceptors (Lipinski definition) is 3. The molecule has 25 heavy (non-hydrogen) atoms. The average molecular weight is 487 g/mol. The maximum absolute atomic E-state index is 11.6. The molecule has 1 aliphatic rings. The number of halogens is 3. The molecular weight excluding hydrogens is 475 g/mol. The van der Waals surface area contributed by atoms with E-state index < -0.39 is 11.9 Å². The first-order valence-corrected chi connectivity index (χ1v) is 9.09. The van der Waals surface area contributed by atoms with Crippen molar-refractivity contribution in [3.8, 4) is 5.75 Å². The third-order valence-electron chi connectivity index (χ3n) is 3.38. The zero-order chi connectivity index (χ0) is 18.0. The molecular formula is C17H11Br2ClN2O3. The lowest BCUT2D eigenvalue weighted by molar-refractivity contribution is -0.115. The summed E-state index contributed by atoms with van der Waals surface area (Å²) in [6.07, 6.45) is 1.58. The first kappa shape index (κ1) is 18.0. The summed E-state index contributed by atoms with van der Waals surface area (Å²) < 4.78 is 7.25. The van der Waals surface area contributed by atoms with Gasteiger partial charge in [-0.25, -0.2) is 4.79 Å². The zero-order valence-electron chi connectivity index (χ0n) is 12.6. The lowest BCUT2D eigenvalue weighted by Crippen LogP contribution is -2.22. The minimum atomic E-state index is -0.533. The van der Waals surface area contributed by atoms with E-state index >= 15 is 0 Å². The number of carbonyl (C=O) groups is 2. The molecule has 3 amide bonds. The van der Waals surface area contributed by atoms with E-state index in [2.05, 4.69) is 42.5 Å². The predicted molar refractivity (Wildman–Crippen MR) is 102 cm³/mol. The summed E-state index contributed by atoms with van der Waals surface area (Å²) in [5.74, 6) is 0.151. The van der Waals surface area contributed by atoms with Crippen LogP contribution in [0.2, 0.25) is 5.02 Å². The van der Waals surface area contributed by atoms with Gasteiger partial charge in [0.2, 0.25) is 0 Å². The minimum absolute atomic E-state index is 0.188. The number of amides is 3. The van der Waals surface area contributed by atoms with E-state index in [1.165, 1.54) is 0 Å². The Balaban J connectivity index is 1.81. The first-order chi connectivity index (χ1) is 11.9. The van der Waals surface area contributed by atoms with Gasteiger partial charge in [-0.3, -0.25) is 10.1 Å². The highest BCUT2D eigenvalue weighted by molar-refractivity contribution is 9.11. The van der Waals surface area contributed by atoms with Crippen molar-refractivity contribution in [1.82, 2.24) is 10.6 Å². The molecule has 128 valence electrons. The van der Waals surface area contributed by atoms with Crippen LogP contribution in [0.3, 0.4) is 0 Å². The maximum Gasteiger partial charge on any atom is 0.326 e. The Kier molecular flexibility index (Phi) is 5.46. The van der Waals surface area contributed by atoms with E-state index in [0.717, 1.165) is 11.1 Å². The Morgan fingerprint density at radius 3 is 2.36 bits per heavy atom. The molecule has 0 aromatic heterocycles. The Morgan fingerprint density at radius 1 is 1.08 bits per heavy atom. The predicted octanol–water partition coefficient (Wildman–Crippen LogP) is 4.62. The van der Waals surface area contributed by atoms with Crippen LogP contribution in [0.4, 0.5) is 4.79 Å². The van der Waals surface area contributed by atoms with Crippen molar-refractivity contribution in [2.75, 3.05) is 0 Å². The van der Waals surface area contributed by atoms with Crippen LogP contribution >= 0.6 is 43.5 Å². The highest BCUT2D eigenvalue weighted by atomic mass is 79.9. The molecule has 1 saturated heterocycles. The number of ether oxygens (including phenoxy) is 1. The second-order valence-corrected chi connectivity index (χ2v) is 7.28. The Hall–Kier alpha value is -1.83. The van der Waals surface area contributed by atoms with Gasteiger partial charge in [0.25, 0.3) is 5.91 Å². The quantitative estimate of drug-likeness (QED) is 0.490. The van der Waals surface area contributed by atoms with Gasteiger partial charge in [-0.15, -0.1) is 0 Å². The van der Waals surface area contributed by atoms with Crippen molar-refractivity contribution in [2.45, 2.75) is 6.61 Å². The second kappa shape index (κ2) is 7.59. The summed E-state index contributed by atoms with van der Waals surface area (Å²) in [7, 11) is 0. The topological polar surface area (TPSA) is 67.4 Å². The highest BCUT2D eigenvalue weighted by Gasteiger charge is 2.23. The SMILES string of the molecule is O=C1NC(=O)/C(=C\c2cc(Br)c(OCc3ccccc3Cl)c(Br)c2)N1. The van der Waals surface area contributed by atoms with E-state index in [-0.39, 0.29) is 5.70 Å². The normalized spacial score (nSPS) is 15.2. The number of hydrogen-bond donors (Lipinski definition) is 2. The molecule has 0 radical (unpaired) electrons. The largest absolute Gasteiger partial charge is 0.486 e. The van der Waals surface area contributed by atoms with Gasteiger partial charge in [0, 0.05) is 10.6 Å². The van der Waals surface area contributed by atoms with Crippen LogP contribution in [-0.2, 0) is 11.4 Å². The molecule has 2 aromatic carbocycles. The van der Waals surface area contributed by atoms with Crippen LogP contribution in [0.1, 0.15) is 11.1 Å². The molecule has 1 fully saturated rings. The van der Waals surface area contributed by atoms with Crippen LogP contribution < -0.4 is 15.4 Å². The van der Waals surface area contributed by atoms with Gasteiger partial charge in [-0.05, 0) is 61.7 Å². The molecule has 5 nitrogen and oxygen atoms in total. The molecule has 2 aromatic rings. The summed E-state index contributed by atoms with van der Waals surface area (Å²) in [4.78, 5) is 22.8. The number of urea groups is 1. The van der Waals surface area contributed by atoms with Crippen molar-refractivity contribution in [3.63, 3.8) is 0 Å². The van der Waals surface area contributed by atoms with Crippen molar-refractivity contribution < 1.29 is 14.3 Å². The summed E-state index contributed by atoms with van der Waals surface area (Å²) in [6, 6.07) is 10.5. The minimum Gasteiger partial charge on any atom is -0.486 e. The molecule has 0 bridgehead atoms. The van der Waals surface area contributed by atoms with Crippen LogP contribution in [0, 0.1) is 0 Å². The molecule has 1 aliphatic heterocycles. The van der Waals surface area contributed by atoms with Gasteiger partial charge in [-0.2, -0.15) is 0 Å². The number of rotatable bonds is 4. The fraction of sp³-hybridized carbons (Fsp3) is 0.0588. The number of carbonyl (C=O) groups excluding carboxylic acids is 2. The molecule has 8 heteroatoms. The van der Waals surface area contributed by atoms with Crippen molar-refractivity contribution in [1.29, 1.82) is 0 Å². The number of imide groups is 1. The molecule has 0 saturated carbocycles. The lowest BCUT2D eigenvalue weighted by atomic mass is 10.2. The monoisotopic (exact) mass is 484 g/mol. The fourth-order valence-corrected chi connectivity index (χ4v) is 3.86. The van der Waals surface area contributed by atoms with Gasteiger partial charge in [0.05, 0.1) is 8.95 Å². The van der Waals surface area contributed by atoms with E-state index in [1.54, 1.807) is 24.3 Å². The molecule has 0 atom stereocenters. The third kappa shape index (κ3) is 4.23. The average Bonchev–Trinajstić information content (AvgIpc) is 2.85. The molecule has 0 spiro atoms. The van der Waals surface area contributed by atoms with E-state index in [4.69, 9.17) is 16.3 Å². The van der Waals surface area contributed by atoms with Crippen LogP contribution in [0.5, 0.6) is 5.75 Å². The number of benzene rings is 2. The summed E-state index contributed by atoms with van der Waals surface area (Å²) >= 11 is 13.1. The van der Waals surface area contributed by atoms with E-state index in [9.17, 15) is 9.59 Å². The molecule has 2 N–H and O–H groups in total. The van der Waals surface area contributed by atoms with E-state index in [0.29, 0.717) is 26.3 Å². The number of nitrogens with one attached hydrogen (secondary N) is 2. The second-order valence-electron chi connectivity index (χ2n) is 5.16. The van der Waals surface area contributed by atoms with Crippen molar-refractivity contribution in [3.05, 3.63) is 67.2 Å². The van der Waals surface area contributed by atoms with Gasteiger partial charge >= 0.3 is 6.03 Å². The molecule has 3 rings (SSSR count). The molecule has 0 unspecified atom stereocenters. The van der Waals surface area contributed by atoms with E-state index in [1.807, 2.05) is 18.2 Å². The molecule has 0 aliphatic carbocycles. The summed E-state index contributed by atoms with van der Waals surface area (Å²) in [5, 5.41) is 5.24. The van der Waals surface area contributed by atoms with Crippen LogP contribution in [0.15, 0.2) is 51.0 Å². The van der Waals surface area contributed by atoms with Gasteiger partial charge in [0.15, 0.2) is 0 Å². The fourth-order valence-electron chi connectivity index (χ4n) is 2.22. The van der Waals surface area contributed by atoms with Gasteiger partial charge in [-0.1, -0.05) is 29.8 Å². The smallest absolute Gasteiger partial charge is 0.326 e. The Bertz CT molecular complexity index is 876. The third-order valence-corrected chi connectivity index (χ3v) is 4.93. The highest BCUT2D eigenvalue weighted by Crippen LogP contribution is 2.36. The van der Waals surface area contributed by atoms with Crippen molar-refractivity contribution >= 4 is 61.5 Å². The van der Waals surface area contributed by atoms with Gasteiger partial charge in [0.1, 0.15) is 18.1 Å². The van der Waals surface area contributed by atoms with Crippen LogP contribution in [-0.4, -0.2) is 11.9 Å². The van der Waals surface area contributed by atoms with Crippen LogP contribution in [0.25, 0.3) is 6.08 Å².